The van der Waals surface area contributed by atoms with Crippen molar-refractivity contribution in [2.75, 3.05) is 24.6 Å². The number of hydrogen-bond acceptors (Lipinski definition) is 3. The fourth-order valence-corrected chi connectivity index (χ4v) is 2.94. The summed E-state index contributed by atoms with van der Waals surface area (Å²) in [5.41, 5.74) is 4.03. The second-order valence-corrected chi connectivity index (χ2v) is 5.56. The SMILES string of the molecule is CCc1cccc(C)c1N1CCC(C)NCC1CO. The molecule has 1 aromatic rings. The van der Waals surface area contributed by atoms with Gasteiger partial charge in [-0.1, -0.05) is 25.1 Å². The summed E-state index contributed by atoms with van der Waals surface area (Å²) in [6.07, 6.45) is 2.16. The highest BCUT2D eigenvalue weighted by Gasteiger charge is 2.25. The first-order valence-electron chi connectivity index (χ1n) is 7.36. The first-order valence-corrected chi connectivity index (χ1v) is 7.36. The molecule has 2 N–H and O–H groups in total. The second-order valence-electron chi connectivity index (χ2n) is 5.56. The molecule has 2 rings (SSSR count). The van der Waals surface area contributed by atoms with Crippen LogP contribution < -0.4 is 10.2 Å². The van der Waals surface area contributed by atoms with Gasteiger partial charge in [-0.25, -0.2) is 0 Å². The van der Waals surface area contributed by atoms with Gasteiger partial charge in [-0.15, -0.1) is 0 Å². The van der Waals surface area contributed by atoms with Gasteiger partial charge in [0, 0.05) is 24.8 Å². The number of para-hydroxylation sites is 1. The highest BCUT2D eigenvalue weighted by Crippen LogP contribution is 2.28. The third-order valence-electron chi connectivity index (χ3n) is 4.15. The van der Waals surface area contributed by atoms with Gasteiger partial charge in [0.2, 0.25) is 0 Å². The fourth-order valence-electron chi connectivity index (χ4n) is 2.94. The van der Waals surface area contributed by atoms with Crippen molar-refractivity contribution in [3.63, 3.8) is 0 Å². The number of benzene rings is 1. The van der Waals surface area contributed by atoms with Gasteiger partial charge in [-0.05, 0) is 37.8 Å². The molecule has 1 aliphatic rings. The molecule has 1 heterocycles. The topological polar surface area (TPSA) is 35.5 Å². The Bertz CT molecular complexity index is 419. The molecular weight excluding hydrogens is 236 g/mol. The number of rotatable bonds is 3. The van der Waals surface area contributed by atoms with E-state index in [2.05, 4.69) is 49.2 Å². The van der Waals surface area contributed by atoms with E-state index in [1.165, 1.54) is 16.8 Å². The number of aryl methyl sites for hydroxylation is 2. The summed E-state index contributed by atoms with van der Waals surface area (Å²) >= 11 is 0. The van der Waals surface area contributed by atoms with Crippen molar-refractivity contribution in [2.45, 2.75) is 45.7 Å². The summed E-state index contributed by atoms with van der Waals surface area (Å²) < 4.78 is 0. The van der Waals surface area contributed by atoms with Crippen molar-refractivity contribution in [1.82, 2.24) is 5.32 Å². The molecule has 1 saturated heterocycles. The largest absolute Gasteiger partial charge is 0.394 e. The summed E-state index contributed by atoms with van der Waals surface area (Å²) in [5, 5.41) is 13.2. The Morgan fingerprint density at radius 2 is 2.21 bits per heavy atom. The van der Waals surface area contributed by atoms with E-state index in [0.717, 1.165) is 25.9 Å². The summed E-state index contributed by atoms with van der Waals surface area (Å²) in [7, 11) is 0. The van der Waals surface area contributed by atoms with E-state index < -0.39 is 0 Å². The van der Waals surface area contributed by atoms with Crippen LogP contribution in [-0.4, -0.2) is 36.9 Å². The molecule has 0 radical (unpaired) electrons. The average molecular weight is 262 g/mol. The fraction of sp³-hybridized carbons (Fsp3) is 0.625. The van der Waals surface area contributed by atoms with Crippen molar-refractivity contribution < 1.29 is 5.11 Å². The zero-order valence-electron chi connectivity index (χ0n) is 12.3. The van der Waals surface area contributed by atoms with E-state index in [0.29, 0.717) is 6.04 Å². The Balaban J connectivity index is 2.37. The molecule has 2 atom stereocenters. The van der Waals surface area contributed by atoms with Crippen LogP contribution >= 0.6 is 0 Å². The molecule has 0 aliphatic carbocycles. The highest BCUT2D eigenvalue weighted by molar-refractivity contribution is 5.60. The number of nitrogens with one attached hydrogen (secondary N) is 1. The molecule has 1 aromatic carbocycles. The molecule has 0 saturated carbocycles. The minimum absolute atomic E-state index is 0.177. The predicted molar refractivity (Wildman–Crippen MR) is 80.9 cm³/mol. The van der Waals surface area contributed by atoms with Crippen molar-refractivity contribution in [2.24, 2.45) is 0 Å². The lowest BCUT2D eigenvalue weighted by molar-refractivity contribution is 0.259. The minimum Gasteiger partial charge on any atom is -0.394 e. The summed E-state index contributed by atoms with van der Waals surface area (Å²) in [5.74, 6) is 0. The standard InChI is InChI=1S/C16H26N2O/c1-4-14-7-5-6-12(2)16(14)18-9-8-13(3)17-10-15(18)11-19/h5-7,13,15,17,19H,4,8-11H2,1-3H3. The van der Waals surface area contributed by atoms with E-state index in [4.69, 9.17) is 0 Å². The average Bonchev–Trinajstić information content (AvgIpc) is 2.60. The van der Waals surface area contributed by atoms with Crippen LogP contribution in [0.2, 0.25) is 0 Å². The molecule has 0 amide bonds. The second kappa shape index (κ2) is 6.40. The lowest BCUT2D eigenvalue weighted by Gasteiger charge is -2.33. The zero-order chi connectivity index (χ0) is 13.8. The molecule has 0 aromatic heterocycles. The molecule has 19 heavy (non-hydrogen) atoms. The van der Waals surface area contributed by atoms with Crippen molar-refractivity contribution in [1.29, 1.82) is 0 Å². The lowest BCUT2D eigenvalue weighted by Crippen LogP contribution is -2.43. The molecule has 1 fully saturated rings. The van der Waals surface area contributed by atoms with Gasteiger partial charge in [0.1, 0.15) is 0 Å². The van der Waals surface area contributed by atoms with E-state index in [1.54, 1.807) is 0 Å². The molecule has 3 heteroatoms. The van der Waals surface area contributed by atoms with Gasteiger partial charge in [-0.3, -0.25) is 0 Å². The number of nitrogens with zero attached hydrogens (tertiary/aromatic N) is 1. The van der Waals surface area contributed by atoms with Crippen LogP contribution in [0.4, 0.5) is 5.69 Å². The summed E-state index contributed by atoms with van der Waals surface area (Å²) in [6, 6.07) is 7.21. The minimum atomic E-state index is 0.177. The van der Waals surface area contributed by atoms with E-state index >= 15 is 0 Å². The molecule has 1 aliphatic heterocycles. The van der Waals surface area contributed by atoms with Gasteiger partial charge < -0.3 is 15.3 Å². The van der Waals surface area contributed by atoms with Crippen LogP contribution in [0.5, 0.6) is 0 Å². The first kappa shape index (κ1) is 14.4. The third kappa shape index (κ3) is 3.10. The number of aliphatic hydroxyl groups excluding tert-OH is 1. The highest BCUT2D eigenvalue weighted by atomic mass is 16.3. The number of aliphatic hydroxyl groups is 1. The van der Waals surface area contributed by atoms with Crippen LogP contribution in [0.15, 0.2) is 18.2 Å². The number of anilines is 1. The molecule has 0 bridgehead atoms. The monoisotopic (exact) mass is 262 g/mol. The van der Waals surface area contributed by atoms with Gasteiger partial charge in [0.15, 0.2) is 0 Å². The molecule has 2 unspecified atom stereocenters. The summed E-state index contributed by atoms with van der Waals surface area (Å²) in [6.45, 7) is 8.66. The maximum absolute atomic E-state index is 9.71. The maximum Gasteiger partial charge on any atom is 0.0647 e. The Morgan fingerprint density at radius 1 is 1.42 bits per heavy atom. The van der Waals surface area contributed by atoms with Gasteiger partial charge in [0.25, 0.3) is 0 Å². The van der Waals surface area contributed by atoms with Crippen molar-refractivity contribution in [3.8, 4) is 0 Å². The van der Waals surface area contributed by atoms with Crippen LogP contribution in [0.1, 0.15) is 31.4 Å². The van der Waals surface area contributed by atoms with Crippen LogP contribution in [0, 0.1) is 6.92 Å². The Labute approximate surface area is 116 Å². The van der Waals surface area contributed by atoms with Gasteiger partial charge in [-0.2, -0.15) is 0 Å². The Morgan fingerprint density at radius 3 is 2.89 bits per heavy atom. The maximum atomic E-state index is 9.71. The predicted octanol–water partition coefficient (Wildman–Crippen LogP) is 2.11. The van der Waals surface area contributed by atoms with E-state index in [-0.39, 0.29) is 12.6 Å². The lowest BCUT2D eigenvalue weighted by atomic mass is 10.0. The molecular formula is C16H26N2O. The zero-order valence-corrected chi connectivity index (χ0v) is 12.3. The molecule has 3 nitrogen and oxygen atoms in total. The van der Waals surface area contributed by atoms with Crippen LogP contribution in [0.3, 0.4) is 0 Å². The van der Waals surface area contributed by atoms with Crippen LogP contribution in [0.25, 0.3) is 0 Å². The quantitative estimate of drug-likeness (QED) is 0.876. The van der Waals surface area contributed by atoms with E-state index in [1.807, 2.05) is 0 Å². The Kier molecular flexibility index (Phi) is 4.83. The van der Waals surface area contributed by atoms with E-state index in [9.17, 15) is 5.11 Å². The third-order valence-corrected chi connectivity index (χ3v) is 4.15. The molecule has 106 valence electrons. The smallest absolute Gasteiger partial charge is 0.0647 e. The van der Waals surface area contributed by atoms with Crippen LogP contribution in [-0.2, 0) is 6.42 Å². The number of hydrogen-bond donors (Lipinski definition) is 2. The van der Waals surface area contributed by atoms with Crippen molar-refractivity contribution in [3.05, 3.63) is 29.3 Å². The summed E-state index contributed by atoms with van der Waals surface area (Å²) in [4.78, 5) is 2.41. The van der Waals surface area contributed by atoms with Crippen molar-refractivity contribution >= 4 is 5.69 Å². The first-order chi connectivity index (χ1) is 9.17. The van der Waals surface area contributed by atoms with Gasteiger partial charge in [0.05, 0.1) is 12.6 Å². The van der Waals surface area contributed by atoms with Gasteiger partial charge >= 0.3 is 0 Å². The molecule has 0 spiro atoms. The Hall–Kier alpha value is -1.06. The normalized spacial score (nSPS) is 24.3.